The molecule has 5 heteroatoms. The van der Waals surface area contributed by atoms with Crippen LogP contribution in [0.3, 0.4) is 0 Å². The molecule has 16 heavy (non-hydrogen) atoms. The molecule has 0 amide bonds. The van der Waals surface area contributed by atoms with Gasteiger partial charge in [-0.05, 0) is 12.1 Å². The van der Waals surface area contributed by atoms with Gasteiger partial charge in [0.25, 0.3) is 0 Å². The lowest BCUT2D eigenvalue weighted by molar-refractivity contribution is 0.101. The van der Waals surface area contributed by atoms with E-state index in [-0.39, 0.29) is 33.6 Å². The van der Waals surface area contributed by atoms with E-state index in [1.54, 1.807) is 0 Å². The van der Waals surface area contributed by atoms with E-state index in [0.29, 0.717) is 6.29 Å². The molecule has 1 rings (SSSR count). The molecule has 82 valence electrons. The van der Waals surface area contributed by atoms with Crippen LogP contribution in [0, 0.1) is 11.3 Å². The molecule has 0 aliphatic carbocycles. The minimum Gasteiger partial charge on any atom is -0.496 e. The number of alkyl halides is 1. The Balaban J connectivity index is 3.50. The number of methoxy groups -OCH3 is 1. The van der Waals surface area contributed by atoms with Crippen molar-refractivity contribution in [1.82, 2.24) is 0 Å². The first-order valence-corrected chi connectivity index (χ1v) is 5.46. The van der Waals surface area contributed by atoms with Gasteiger partial charge in [0.1, 0.15) is 5.75 Å². The minimum absolute atomic E-state index is 0.0934. The third kappa shape index (κ3) is 2.28. The molecule has 4 nitrogen and oxygen atoms in total. The van der Waals surface area contributed by atoms with Crippen LogP contribution in [0.15, 0.2) is 12.1 Å². The lowest BCUT2D eigenvalue weighted by atomic mass is 10.0. The van der Waals surface area contributed by atoms with Gasteiger partial charge in [-0.25, -0.2) is 0 Å². The van der Waals surface area contributed by atoms with E-state index in [1.165, 1.54) is 19.2 Å². The number of ether oxygens (including phenoxy) is 1. The van der Waals surface area contributed by atoms with Crippen molar-refractivity contribution >= 4 is 28.0 Å². The first-order chi connectivity index (χ1) is 7.67. The first kappa shape index (κ1) is 12.4. The molecule has 1 aromatic rings. The highest BCUT2D eigenvalue weighted by molar-refractivity contribution is 9.09. The van der Waals surface area contributed by atoms with Crippen molar-refractivity contribution in [2.24, 2.45) is 0 Å². The number of rotatable bonds is 4. The van der Waals surface area contributed by atoms with Crippen molar-refractivity contribution in [1.29, 1.82) is 5.26 Å². The largest absolute Gasteiger partial charge is 0.496 e. The molecular formula is C11H8BrNO3. The molecule has 0 heterocycles. The zero-order valence-electron chi connectivity index (χ0n) is 8.49. The predicted octanol–water partition coefficient (Wildman–Crippen LogP) is 1.96. The highest BCUT2D eigenvalue weighted by Gasteiger charge is 2.17. The van der Waals surface area contributed by atoms with Gasteiger partial charge < -0.3 is 4.74 Å². The average molecular weight is 282 g/mol. The van der Waals surface area contributed by atoms with Gasteiger partial charge in [-0.3, -0.25) is 9.59 Å². The summed E-state index contributed by atoms with van der Waals surface area (Å²) in [6.07, 6.45) is 0.541. The quantitative estimate of drug-likeness (QED) is 0.481. The molecule has 0 fully saturated rings. The molecule has 0 atom stereocenters. The molecule has 0 saturated heterocycles. The average Bonchev–Trinajstić information content (AvgIpc) is 2.35. The lowest BCUT2D eigenvalue weighted by Gasteiger charge is -2.09. The third-order valence-corrected chi connectivity index (χ3v) is 2.52. The minimum atomic E-state index is -0.261. The van der Waals surface area contributed by atoms with Crippen molar-refractivity contribution in [2.45, 2.75) is 0 Å². The van der Waals surface area contributed by atoms with Crippen molar-refractivity contribution in [3.63, 3.8) is 0 Å². The number of nitriles is 1. The van der Waals surface area contributed by atoms with Gasteiger partial charge >= 0.3 is 0 Å². The first-order valence-electron chi connectivity index (χ1n) is 4.34. The second kappa shape index (κ2) is 5.42. The summed E-state index contributed by atoms with van der Waals surface area (Å²) in [6, 6.07) is 4.70. The van der Waals surface area contributed by atoms with E-state index in [2.05, 4.69) is 15.9 Å². The molecule has 0 aromatic heterocycles. The van der Waals surface area contributed by atoms with Gasteiger partial charge in [-0.2, -0.15) is 5.26 Å². The van der Waals surface area contributed by atoms with Crippen molar-refractivity contribution < 1.29 is 14.3 Å². The van der Waals surface area contributed by atoms with Crippen molar-refractivity contribution in [3.8, 4) is 11.8 Å². The van der Waals surface area contributed by atoms with Gasteiger partial charge in [0, 0.05) is 5.56 Å². The van der Waals surface area contributed by atoms with Crippen LogP contribution in [0.5, 0.6) is 5.75 Å². The maximum Gasteiger partial charge on any atom is 0.177 e. The highest BCUT2D eigenvalue weighted by atomic mass is 79.9. The maximum absolute atomic E-state index is 11.6. The van der Waals surface area contributed by atoms with E-state index in [9.17, 15) is 9.59 Å². The number of benzene rings is 1. The summed E-state index contributed by atoms with van der Waals surface area (Å²) in [6.45, 7) is 0. The smallest absolute Gasteiger partial charge is 0.177 e. The fraction of sp³-hybridized carbons (Fsp3) is 0.182. The normalized spacial score (nSPS) is 9.31. The Morgan fingerprint density at radius 1 is 1.62 bits per heavy atom. The van der Waals surface area contributed by atoms with E-state index >= 15 is 0 Å². The number of nitrogens with zero attached hydrogens (tertiary/aromatic N) is 1. The highest BCUT2D eigenvalue weighted by Crippen LogP contribution is 2.24. The van der Waals surface area contributed by atoms with Crippen LogP contribution in [0.4, 0.5) is 0 Å². The van der Waals surface area contributed by atoms with Crippen molar-refractivity contribution in [2.75, 3.05) is 12.4 Å². The molecular weight excluding hydrogens is 274 g/mol. The van der Waals surface area contributed by atoms with E-state index in [4.69, 9.17) is 10.00 Å². The molecule has 0 saturated carbocycles. The Labute approximate surface area is 101 Å². The number of carbonyl (C=O) groups is 2. The lowest BCUT2D eigenvalue weighted by Crippen LogP contribution is -2.08. The summed E-state index contributed by atoms with van der Waals surface area (Å²) in [7, 11) is 1.39. The van der Waals surface area contributed by atoms with Crippen LogP contribution in [0.25, 0.3) is 0 Å². The number of aldehydes is 1. The Hall–Kier alpha value is -1.67. The number of Topliss-reactive ketones (excluding diaryl/α,β-unsaturated/α-hetero) is 1. The molecule has 0 aliphatic heterocycles. The standard InChI is InChI=1S/C11H8BrNO3/c1-16-10-3-7(5-13)2-8(6-14)11(10)9(15)4-12/h2-3,6H,4H2,1H3. The van der Waals surface area contributed by atoms with Crippen LogP contribution < -0.4 is 4.74 Å². The monoisotopic (exact) mass is 281 g/mol. The van der Waals surface area contributed by atoms with Crippen LogP contribution in [0.2, 0.25) is 0 Å². The van der Waals surface area contributed by atoms with Gasteiger partial charge in [0.05, 0.1) is 29.6 Å². The Bertz CT molecular complexity index is 477. The predicted molar refractivity (Wildman–Crippen MR) is 61.2 cm³/mol. The fourth-order valence-corrected chi connectivity index (χ4v) is 1.60. The Kier molecular flexibility index (Phi) is 4.20. The summed E-state index contributed by atoms with van der Waals surface area (Å²) in [5, 5.41) is 8.84. The van der Waals surface area contributed by atoms with Crippen LogP contribution in [-0.2, 0) is 0 Å². The second-order valence-electron chi connectivity index (χ2n) is 2.93. The van der Waals surface area contributed by atoms with Crippen molar-refractivity contribution in [3.05, 3.63) is 28.8 Å². The molecule has 0 N–H and O–H groups in total. The third-order valence-electron chi connectivity index (χ3n) is 2.01. The molecule has 1 aromatic carbocycles. The van der Waals surface area contributed by atoms with Crippen LogP contribution in [0.1, 0.15) is 26.3 Å². The number of ketones is 1. The van der Waals surface area contributed by atoms with Gasteiger partial charge in [-0.15, -0.1) is 0 Å². The number of halogens is 1. The summed E-state index contributed by atoms with van der Waals surface area (Å²) in [5.41, 5.74) is 0.652. The summed E-state index contributed by atoms with van der Waals surface area (Å²) in [4.78, 5) is 22.5. The van der Waals surface area contributed by atoms with Gasteiger partial charge in [0.2, 0.25) is 0 Å². The maximum atomic E-state index is 11.6. The van der Waals surface area contributed by atoms with Crippen LogP contribution >= 0.6 is 15.9 Å². The van der Waals surface area contributed by atoms with Crippen LogP contribution in [-0.4, -0.2) is 24.5 Å². The molecule has 0 spiro atoms. The SMILES string of the molecule is COc1cc(C#N)cc(C=O)c1C(=O)CBr. The number of hydrogen-bond donors (Lipinski definition) is 0. The molecule has 0 bridgehead atoms. The topological polar surface area (TPSA) is 67.2 Å². The van der Waals surface area contributed by atoms with E-state index in [1.807, 2.05) is 6.07 Å². The summed E-state index contributed by atoms with van der Waals surface area (Å²) < 4.78 is 5.00. The number of carbonyl (C=O) groups excluding carboxylic acids is 2. The Morgan fingerprint density at radius 2 is 2.31 bits per heavy atom. The molecule has 0 unspecified atom stereocenters. The Morgan fingerprint density at radius 3 is 2.75 bits per heavy atom. The second-order valence-corrected chi connectivity index (χ2v) is 3.49. The fourth-order valence-electron chi connectivity index (χ4n) is 1.32. The summed E-state index contributed by atoms with van der Waals surface area (Å²) >= 11 is 3.03. The zero-order valence-corrected chi connectivity index (χ0v) is 10.1. The number of hydrogen-bond acceptors (Lipinski definition) is 4. The van der Waals surface area contributed by atoms with Gasteiger partial charge in [0.15, 0.2) is 12.1 Å². The zero-order chi connectivity index (χ0) is 12.1. The van der Waals surface area contributed by atoms with E-state index < -0.39 is 0 Å². The van der Waals surface area contributed by atoms with Gasteiger partial charge in [-0.1, -0.05) is 15.9 Å². The molecule has 0 aliphatic rings. The molecule has 0 radical (unpaired) electrons. The van der Waals surface area contributed by atoms with E-state index in [0.717, 1.165) is 0 Å². The summed E-state index contributed by atoms with van der Waals surface area (Å²) in [5.74, 6) is -0.0194.